The second-order valence-corrected chi connectivity index (χ2v) is 5.48. The van der Waals surface area contributed by atoms with Crippen LogP contribution < -0.4 is 15.2 Å². The van der Waals surface area contributed by atoms with Gasteiger partial charge in [0.25, 0.3) is 0 Å². The Labute approximate surface area is 164 Å². The first-order chi connectivity index (χ1) is 13.3. The molecule has 1 heterocycles. The summed E-state index contributed by atoms with van der Waals surface area (Å²) in [7, 11) is 1.28. The Hall–Kier alpha value is -2.73. The monoisotopic (exact) mass is 446 g/mol. The Bertz CT molecular complexity index is 858. The van der Waals surface area contributed by atoms with Crippen LogP contribution in [0.25, 0.3) is 0 Å². The number of carbonyl (C=O) groups is 1. The predicted octanol–water partition coefficient (Wildman–Crippen LogP) is 4.65. The molecule has 0 fully saturated rings. The van der Waals surface area contributed by atoms with Gasteiger partial charge in [0.2, 0.25) is 0 Å². The minimum Gasteiger partial charge on any atom is -0.497 e. The molecule has 2 rings (SSSR count). The van der Waals surface area contributed by atoms with Crippen LogP contribution >= 0.6 is 11.6 Å². The van der Waals surface area contributed by atoms with Crippen LogP contribution in [0.1, 0.15) is 11.3 Å². The zero-order valence-electron chi connectivity index (χ0n) is 14.4. The molecule has 3 N–H and O–H groups in total. The zero-order chi connectivity index (χ0) is 22.4. The third kappa shape index (κ3) is 7.31. The minimum atomic E-state index is -5.08. The highest BCUT2D eigenvalue weighted by Gasteiger charge is 2.38. The molecule has 1 aromatic heterocycles. The molecule has 0 atom stereocenters. The molecule has 0 saturated heterocycles. The van der Waals surface area contributed by atoms with Crippen LogP contribution in [-0.2, 0) is 17.5 Å². The number of halogens is 7. The average molecular weight is 447 g/mol. The Morgan fingerprint density at radius 2 is 1.76 bits per heavy atom. The van der Waals surface area contributed by atoms with Gasteiger partial charge in [0.15, 0.2) is 0 Å². The van der Waals surface area contributed by atoms with Crippen LogP contribution in [0.5, 0.6) is 17.2 Å². The summed E-state index contributed by atoms with van der Waals surface area (Å²) in [5.74, 6) is -2.97. The van der Waals surface area contributed by atoms with Crippen molar-refractivity contribution in [3.63, 3.8) is 0 Å². The maximum atomic E-state index is 13.1. The van der Waals surface area contributed by atoms with E-state index in [0.29, 0.717) is 5.69 Å². The molecular weight excluding hydrogens is 434 g/mol. The largest absolute Gasteiger partial charge is 0.497 e. The first-order valence-electron chi connectivity index (χ1n) is 7.37. The van der Waals surface area contributed by atoms with Crippen LogP contribution in [-0.4, -0.2) is 29.3 Å². The normalized spacial score (nSPS) is 11.3. The molecule has 0 bridgehead atoms. The van der Waals surface area contributed by atoms with E-state index >= 15 is 0 Å². The van der Waals surface area contributed by atoms with E-state index < -0.39 is 23.9 Å². The van der Waals surface area contributed by atoms with Crippen molar-refractivity contribution in [1.29, 1.82) is 0 Å². The summed E-state index contributed by atoms with van der Waals surface area (Å²) >= 11 is 5.91. The van der Waals surface area contributed by atoms with Crippen LogP contribution in [0.2, 0.25) is 5.02 Å². The Kier molecular flexibility index (Phi) is 8.09. The van der Waals surface area contributed by atoms with Crippen molar-refractivity contribution in [2.45, 2.75) is 18.9 Å². The fraction of sp³-hybridized carbons (Fsp3) is 0.250. The van der Waals surface area contributed by atoms with Gasteiger partial charge in [0.1, 0.15) is 22.8 Å². The number of ether oxygens (including phenoxy) is 2. The molecule has 2 aromatic rings. The van der Waals surface area contributed by atoms with Crippen molar-refractivity contribution < 1.29 is 45.7 Å². The summed E-state index contributed by atoms with van der Waals surface area (Å²) in [6.07, 6.45) is -8.41. The Morgan fingerprint density at radius 3 is 2.17 bits per heavy atom. The number of hydrogen-bond acceptors (Lipinski definition) is 5. The summed E-state index contributed by atoms with van der Waals surface area (Å²) in [5, 5.41) is 7.35. The molecule has 0 spiro atoms. The molecule has 29 heavy (non-hydrogen) atoms. The summed E-state index contributed by atoms with van der Waals surface area (Å²) in [5.41, 5.74) is 4.89. The van der Waals surface area contributed by atoms with Gasteiger partial charge in [-0.2, -0.15) is 26.3 Å². The molecule has 0 saturated carbocycles. The summed E-state index contributed by atoms with van der Waals surface area (Å²) in [4.78, 5) is 12.8. The van der Waals surface area contributed by atoms with E-state index in [1.807, 2.05) is 0 Å². The molecule has 0 aliphatic carbocycles. The van der Waals surface area contributed by atoms with Gasteiger partial charge in [0, 0.05) is 12.6 Å². The number of alkyl halides is 6. The molecule has 0 aliphatic rings. The fourth-order valence-corrected chi connectivity index (χ4v) is 1.96. The lowest BCUT2D eigenvalue weighted by molar-refractivity contribution is -0.192. The fourth-order valence-electron chi connectivity index (χ4n) is 1.73. The van der Waals surface area contributed by atoms with Gasteiger partial charge in [-0.25, -0.2) is 4.79 Å². The highest BCUT2D eigenvalue weighted by molar-refractivity contribution is 6.31. The molecule has 0 aliphatic heterocycles. The van der Waals surface area contributed by atoms with Crippen LogP contribution in [0, 0.1) is 0 Å². The van der Waals surface area contributed by atoms with Gasteiger partial charge in [-0.1, -0.05) is 11.6 Å². The van der Waals surface area contributed by atoms with E-state index in [1.165, 1.54) is 31.5 Å². The number of nitrogens with two attached hydrogens (primary N) is 1. The second kappa shape index (κ2) is 9.65. The van der Waals surface area contributed by atoms with Gasteiger partial charge < -0.3 is 20.3 Å². The van der Waals surface area contributed by atoms with Crippen molar-refractivity contribution >= 4 is 17.6 Å². The quantitative estimate of drug-likeness (QED) is 0.664. The zero-order valence-corrected chi connectivity index (χ0v) is 15.2. The van der Waals surface area contributed by atoms with E-state index in [2.05, 4.69) is 4.98 Å². The molecule has 0 unspecified atom stereocenters. The first-order valence-corrected chi connectivity index (χ1v) is 7.75. The highest BCUT2D eigenvalue weighted by Crippen LogP contribution is 2.40. The average Bonchev–Trinajstić information content (AvgIpc) is 2.61. The summed E-state index contributed by atoms with van der Waals surface area (Å²) < 4.78 is 81.0. The third-order valence-corrected chi connectivity index (χ3v) is 3.38. The number of benzene rings is 1. The molecule has 1 aromatic carbocycles. The number of aliphatic carboxylic acids is 1. The topological polar surface area (TPSA) is 94.7 Å². The first kappa shape index (κ1) is 24.3. The number of hydrogen-bond donors (Lipinski definition) is 2. The van der Waals surface area contributed by atoms with Gasteiger partial charge in [0.05, 0.1) is 24.0 Å². The number of aromatic nitrogens is 1. The maximum Gasteiger partial charge on any atom is 0.490 e. The minimum absolute atomic E-state index is 0.0781. The van der Waals surface area contributed by atoms with Gasteiger partial charge in [-0.05, 0) is 18.2 Å². The third-order valence-electron chi connectivity index (χ3n) is 3.05. The van der Waals surface area contributed by atoms with Crippen molar-refractivity contribution in [3.05, 3.63) is 46.7 Å². The number of pyridine rings is 1. The van der Waals surface area contributed by atoms with Crippen molar-refractivity contribution in [1.82, 2.24) is 4.98 Å². The smallest absolute Gasteiger partial charge is 0.490 e. The molecule has 0 amide bonds. The lowest BCUT2D eigenvalue weighted by Gasteiger charge is -2.15. The van der Waals surface area contributed by atoms with Crippen LogP contribution in [0.15, 0.2) is 30.5 Å². The lowest BCUT2D eigenvalue weighted by Crippen LogP contribution is -2.21. The summed E-state index contributed by atoms with van der Waals surface area (Å²) in [6, 6.07) is 4.76. The van der Waals surface area contributed by atoms with Crippen LogP contribution in [0.4, 0.5) is 26.3 Å². The van der Waals surface area contributed by atoms with Gasteiger partial charge in [-0.3, -0.25) is 4.98 Å². The van der Waals surface area contributed by atoms with E-state index in [4.69, 9.17) is 36.7 Å². The van der Waals surface area contributed by atoms with E-state index in [-0.39, 0.29) is 28.8 Å². The van der Waals surface area contributed by atoms with Crippen molar-refractivity contribution in [3.8, 4) is 17.2 Å². The molecular formula is C16H13ClF6N2O4. The standard InChI is InChI=1S/C14H12ClF3N2O2.C2HF3O2/c1-21-8-2-3-13(10(4-8)14(16,17)18)22-9-5-11(15)12(6-19)20-7-9;3-2(4,5)1(6)7/h2-5,7H,6,19H2,1H3;(H,6,7). The number of nitrogens with zero attached hydrogens (tertiary/aromatic N) is 1. The number of carboxylic acid groups (broad SMARTS) is 1. The molecule has 160 valence electrons. The van der Waals surface area contributed by atoms with E-state index in [9.17, 15) is 26.3 Å². The molecule has 6 nitrogen and oxygen atoms in total. The second-order valence-electron chi connectivity index (χ2n) is 5.07. The van der Waals surface area contributed by atoms with Crippen molar-refractivity contribution in [2.24, 2.45) is 5.73 Å². The molecule has 13 heteroatoms. The van der Waals surface area contributed by atoms with Crippen LogP contribution in [0.3, 0.4) is 0 Å². The van der Waals surface area contributed by atoms with Gasteiger partial charge >= 0.3 is 18.3 Å². The maximum absolute atomic E-state index is 13.1. The SMILES string of the molecule is COc1ccc(Oc2cnc(CN)c(Cl)c2)c(C(F)(F)F)c1.O=C(O)C(F)(F)F. The van der Waals surface area contributed by atoms with Gasteiger partial charge in [-0.15, -0.1) is 0 Å². The van der Waals surface area contributed by atoms with Crippen molar-refractivity contribution in [2.75, 3.05) is 7.11 Å². The highest BCUT2D eigenvalue weighted by atomic mass is 35.5. The lowest BCUT2D eigenvalue weighted by atomic mass is 10.2. The number of rotatable bonds is 4. The number of methoxy groups -OCH3 is 1. The molecule has 0 radical (unpaired) electrons. The predicted molar refractivity (Wildman–Crippen MR) is 88.9 cm³/mol. The Morgan fingerprint density at radius 1 is 1.17 bits per heavy atom. The van der Waals surface area contributed by atoms with E-state index in [1.54, 1.807) is 0 Å². The number of carboxylic acids is 1. The Balaban J connectivity index is 0.000000516. The van der Waals surface area contributed by atoms with E-state index in [0.717, 1.165) is 6.07 Å². The summed E-state index contributed by atoms with van der Waals surface area (Å²) in [6.45, 7) is 0.120.